The fraction of sp³-hybridized carbons (Fsp3) is 0.314. The number of aryl methyl sites for hydroxylation is 4. The third kappa shape index (κ3) is 3.94. The highest BCUT2D eigenvalue weighted by Gasteiger charge is 2.47. The molecule has 0 atom stereocenters. The topological polar surface area (TPSA) is 0 Å². The average Bonchev–Trinajstić information content (AvgIpc) is 3.16. The molecule has 5 rings (SSSR count). The lowest BCUT2D eigenvalue weighted by atomic mass is 9.64. The molecule has 0 unspecified atom stereocenters. The van der Waals surface area contributed by atoms with E-state index in [1.165, 1.54) is 81.3 Å². The Morgan fingerprint density at radius 2 is 0.943 bits per heavy atom. The van der Waals surface area contributed by atoms with Crippen molar-refractivity contribution in [3.63, 3.8) is 0 Å². The van der Waals surface area contributed by atoms with Crippen molar-refractivity contribution in [2.24, 2.45) is 0 Å². The molecule has 0 saturated carbocycles. The average molecular weight is 459 g/mol. The van der Waals surface area contributed by atoms with Crippen molar-refractivity contribution in [2.45, 2.75) is 71.6 Å². The zero-order chi connectivity index (χ0) is 24.4. The SMILES string of the molecule is CCCCc1ccccc1C1(c2ccccc2CCCC)c2ccc(C)cc2-c2cc(C)ccc21. The summed E-state index contributed by atoms with van der Waals surface area (Å²) in [7, 11) is 0. The Kier molecular flexibility index (Phi) is 6.65. The van der Waals surface area contributed by atoms with Crippen LogP contribution in [0.4, 0.5) is 0 Å². The Morgan fingerprint density at radius 1 is 0.514 bits per heavy atom. The van der Waals surface area contributed by atoms with Crippen molar-refractivity contribution in [3.05, 3.63) is 129 Å². The molecule has 4 aromatic carbocycles. The van der Waals surface area contributed by atoms with Crippen molar-refractivity contribution >= 4 is 0 Å². The minimum Gasteiger partial charge on any atom is -0.0654 e. The molecule has 0 radical (unpaired) electrons. The van der Waals surface area contributed by atoms with Crippen LogP contribution in [-0.2, 0) is 18.3 Å². The summed E-state index contributed by atoms with van der Waals surface area (Å²) in [6.07, 6.45) is 7.08. The monoisotopic (exact) mass is 458 g/mol. The number of benzene rings is 4. The van der Waals surface area contributed by atoms with Gasteiger partial charge in [-0.05, 0) is 84.0 Å². The van der Waals surface area contributed by atoms with Crippen LogP contribution < -0.4 is 0 Å². The molecular weight excluding hydrogens is 420 g/mol. The number of unbranched alkanes of at least 4 members (excludes halogenated alkanes) is 2. The van der Waals surface area contributed by atoms with Crippen molar-refractivity contribution < 1.29 is 0 Å². The molecule has 0 spiro atoms. The van der Waals surface area contributed by atoms with Crippen molar-refractivity contribution in [1.29, 1.82) is 0 Å². The van der Waals surface area contributed by atoms with Crippen LogP contribution in [0.3, 0.4) is 0 Å². The molecule has 0 N–H and O–H groups in total. The van der Waals surface area contributed by atoms with Gasteiger partial charge in [-0.15, -0.1) is 0 Å². The van der Waals surface area contributed by atoms with Gasteiger partial charge in [-0.25, -0.2) is 0 Å². The van der Waals surface area contributed by atoms with E-state index in [4.69, 9.17) is 0 Å². The highest BCUT2D eigenvalue weighted by atomic mass is 14.5. The minimum atomic E-state index is -0.291. The lowest BCUT2D eigenvalue weighted by molar-refractivity contribution is 0.707. The Labute approximate surface area is 212 Å². The lowest BCUT2D eigenvalue weighted by Gasteiger charge is -2.37. The fourth-order valence-electron chi connectivity index (χ4n) is 6.23. The molecule has 0 aromatic heterocycles. The Hall–Kier alpha value is -3.12. The zero-order valence-corrected chi connectivity index (χ0v) is 21.8. The summed E-state index contributed by atoms with van der Waals surface area (Å²) in [6, 6.07) is 32.9. The Morgan fingerprint density at radius 3 is 1.37 bits per heavy atom. The molecule has 1 aliphatic rings. The van der Waals surface area contributed by atoms with Gasteiger partial charge in [0.2, 0.25) is 0 Å². The van der Waals surface area contributed by atoms with Gasteiger partial charge in [0.05, 0.1) is 5.41 Å². The van der Waals surface area contributed by atoms with Gasteiger partial charge in [0, 0.05) is 0 Å². The molecule has 1 aliphatic carbocycles. The quantitative estimate of drug-likeness (QED) is 0.217. The number of hydrogen-bond acceptors (Lipinski definition) is 0. The molecule has 0 fully saturated rings. The second-order valence-electron chi connectivity index (χ2n) is 10.4. The van der Waals surface area contributed by atoms with Gasteiger partial charge in [-0.3, -0.25) is 0 Å². The summed E-state index contributed by atoms with van der Waals surface area (Å²) in [4.78, 5) is 0. The van der Waals surface area contributed by atoms with Crippen LogP contribution in [0.25, 0.3) is 11.1 Å². The molecule has 0 heterocycles. The largest absolute Gasteiger partial charge is 0.0718 e. The van der Waals surface area contributed by atoms with Gasteiger partial charge in [0.25, 0.3) is 0 Å². The van der Waals surface area contributed by atoms with Crippen LogP contribution in [0, 0.1) is 13.8 Å². The first-order chi connectivity index (χ1) is 17.1. The highest BCUT2D eigenvalue weighted by Crippen LogP contribution is 2.57. The normalized spacial score (nSPS) is 13.5. The van der Waals surface area contributed by atoms with E-state index in [2.05, 4.69) is 113 Å². The predicted molar refractivity (Wildman–Crippen MR) is 150 cm³/mol. The van der Waals surface area contributed by atoms with E-state index in [9.17, 15) is 0 Å². The zero-order valence-electron chi connectivity index (χ0n) is 21.8. The fourth-order valence-corrected chi connectivity index (χ4v) is 6.23. The van der Waals surface area contributed by atoms with E-state index in [0.717, 1.165) is 12.8 Å². The summed E-state index contributed by atoms with van der Waals surface area (Å²) in [5.41, 5.74) is 13.9. The Bertz CT molecular complexity index is 1240. The summed E-state index contributed by atoms with van der Waals surface area (Å²) >= 11 is 0. The summed E-state index contributed by atoms with van der Waals surface area (Å²) < 4.78 is 0. The second-order valence-corrected chi connectivity index (χ2v) is 10.4. The number of fused-ring (bicyclic) bond motifs is 3. The molecule has 4 aromatic rings. The van der Waals surface area contributed by atoms with E-state index in [0.29, 0.717) is 0 Å². The third-order valence-electron chi connectivity index (χ3n) is 7.89. The van der Waals surface area contributed by atoms with E-state index >= 15 is 0 Å². The minimum absolute atomic E-state index is 0.291. The molecule has 0 heteroatoms. The maximum absolute atomic E-state index is 2.42. The summed E-state index contributed by atoms with van der Waals surface area (Å²) in [5, 5.41) is 0. The van der Waals surface area contributed by atoms with Gasteiger partial charge in [0.1, 0.15) is 0 Å². The van der Waals surface area contributed by atoms with Crippen molar-refractivity contribution in [1.82, 2.24) is 0 Å². The van der Waals surface area contributed by atoms with E-state index in [-0.39, 0.29) is 5.41 Å². The number of hydrogen-bond donors (Lipinski definition) is 0. The van der Waals surface area contributed by atoms with Crippen molar-refractivity contribution in [3.8, 4) is 11.1 Å². The van der Waals surface area contributed by atoms with Crippen LogP contribution in [0.15, 0.2) is 84.9 Å². The maximum atomic E-state index is 2.42. The van der Waals surface area contributed by atoms with E-state index < -0.39 is 0 Å². The van der Waals surface area contributed by atoms with Crippen LogP contribution in [-0.4, -0.2) is 0 Å². The first kappa shape index (κ1) is 23.6. The molecule has 0 nitrogen and oxygen atoms in total. The number of rotatable bonds is 8. The van der Waals surface area contributed by atoms with Gasteiger partial charge < -0.3 is 0 Å². The van der Waals surface area contributed by atoms with Gasteiger partial charge in [-0.1, -0.05) is 123 Å². The van der Waals surface area contributed by atoms with E-state index in [1.807, 2.05) is 0 Å². The molecule has 0 saturated heterocycles. The van der Waals surface area contributed by atoms with Gasteiger partial charge >= 0.3 is 0 Å². The predicted octanol–water partition coefficient (Wildman–Crippen LogP) is 9.35. The lowest BCUT2D eigenvalue weighted by Crippen LogP contribution is -2.31. The summed E-state index contributed by atoms with van der Waals surface area (Å²) in [6.45, 7) is 9.04. The van der Waals surface area contributed by atoms with E-state index in [1.54, 1.807) is 0 Å². The maximum Gasteiger partial charge on any atom is 0.0718 e. The molecular formula is C35H38. The summed E-state index contributed by atoms with van der Waals surface area (Å²) in [5.74, 6) is 0. The van der Waals surface area contributed by atoms with Crippen LogP contribution in [0.5, 0.6) is 0 Å². The third-order valence-corrected chi connectivity index (χ3v) is 7.89. The van der Waals surface area contributed by atoms with Crippen LogP contribution in [0.2, 0.25) is 0 Å². The van der Waals surface area contributed by atoms with Gasteiger partial charge in [-0.2, -0.15) is 0 Å². The first-order valence-electron chi connectivity index (χ1n) is 13.5. The molecule has 0 bridgehead atoms. The first-order valence-corrected chi connectivity index (χ1v) is 13.5. The molecule has 0 amide bonds. The highest BCUT2D eigenvalue weighted by molar-refractivity contribution is 5.87. The molecule has 35 heavy (non-hydrogen) atoms. The standard InChI is InChI=1S/C35H38/c1-5-7-13-27-15-9-11-17-31(27)35(32-18-12-10-16-28(32)14-8-6-2)33-21-19-25(3)23-29(33)30-24-26(4)20-22-34(30)35/h9-12,15-24H,5-8,13-14H2,1-4H3. The van der Waals surface area contributed by atoms with Gasteiger partial charge in [0.15, 0.2) is 0 Å². The second kappa shape index (κ2) is 9.86. The Balaban J connectivity index is 1.93. The van der Waals surface area contributed by atoms with Crippen LogP contribution >= 0.6 is 0 Å². The molecule has 0 aliphatic heterocycles. The molecule has 178 valence electrons. The smallest absolute Gasteiger partial charge is 0.0654 e. The van der Waals surface area contributed by atoms with Crippen LogP contribution in [0.1, 0.15) is 84.0 Å². The van der Waals surface area contributed by atoms with Crippen molar-refractivity contribution in [2.75, 3.05) is 0 Å².